The van der Waals surface area contributed by atoms with E-state index >= 15 is 0 Å². The van der Waals surface area contributed by atoms with Crippen LogP contribution < -0.4 is 11.1 Å². The summed E-state index contributed by atoms with van der Waals surface area (Å²) in [6.45, 7) is 0. The third-order valence-electron chi connectivity index (χ3n) is 2.19. The lowest BCUT2D eigenvalue weighted by Crippen LogP contribution is -2.49. The molecule has 2 rings (SSSR count). The van der Waals surface area contributed by atoms with E-state index in [0.29, 0.717) is 0 Å². The molecule has 0 radical (unpaired) electrons. The van der Waals surface area contributed by atoms with Crippen molar-refractivity contribution in [3.63, 3.8) is 0 Å². The molecule has 0 saturated carbocycles. The van der Waals surface area contributed by atoms with Gasteiger partial charge in [-0.15, -0.1) is 0 Å². The van der Waals surface area contributed by atoms with Crippen molar-refractivity contribution in [1.29, 1.82) is 0 Å². The highest BCUT2D eigenvalue weighted by Gasteiger charge is 2.34. The van der Waals surface area contributed by atoms with Gasteiger partial charge < -0.3 is 20.5 Å². The number of nitrogens with zero attached hydrogens (tertiary/aromatic N) is 3. The van der Waals surface area contributed by atoms with E-state index in [1.54, 1.807) is 18.6 Å². The monoisotopic (exact) mass is 249 g/mol. The van der Waals surface area contributed by atoms with E-state index < -0.39 is 12.1 Å². The highest BCUT2D eigenvalue weighted by Crippen LogP contribution is 2.19. The topological polar surface area (TPSA) is 112 Å². The molecule has 1 aliphatic heterocycles. The van der Waals surface area contributed by atoms with E-state index in [-0.39, 0.29) is 0 Å². The number of carbonyl (C=O) groups excluding carboxylic acids is 1. The number of hydrogen-bond donors (Lipinski definition) is 2. The first-order chi connectivity index (χ1) is 8.65. The molecule has 1 aromatic heterocycles. The number of amides is 1. The Morgan fingerprint density at radius 2 is 2.17 bits per heavy atom. The molecule has 0 saturated heterocycles. The Hall–Kier alpha value is -2.48. The molecule has 0 spiro atoms. The SMILES string of the molecule is COC1(OC(N)=O)N=CC(c2cncnc2)=CN1. The Bertz CT molecular complexity index is 501. The minimum absolute atomic E-state index is 0.719. The molecule has 0 fully saturated rings. The molecule has 18 heavy (non-hydrogen) atoms. The fraction of sp³-hybridized carbons (Fsp3) is 0.200. The number of ether oxygens (including phenoxy) is 2. The first-order valence-electron chi connectivity index (χ1n) is 4.97. The number of carbonyl (C=O) groups is 1. The van der Waals surface area contributed by atoms with Gasteiger partial charge in [-0.3, -0.25) is 0 Å². The molecule has 8 heteroatoms. The van der Waals surface area contributed by atoms with Gasteiger partial charge in [0.2, 0.25) is 0 Å². The van der Waals surface area contributed by atoms with Gasteiger partial charge in [0.15, 0.2) is 0 Å². The van der Waals surface area contributed by atoms with Crippen LogP contribution in [0.3, 0.4) is 0 Å². The maximum atomic E-state index is 10.7. The van der Waals surface area contributed by atoms with Crippen LogP contribution in [0.15, 0.2) is 29.9 Å². The minimum Gasteiger partial charge on any atom is -0.377 e. The van der Waals surface area contributed by atoms with Crippen LogP contribution in [-0.2, 0) is 9.47 Å². The van der Waals surface area contributed by atoms with Gasteiger partial charge in [-0.25, -0.2) is 14.8 Å². The normalized spacial score (nSPS) is 21.9. The predicted octanol–water partition coefficient (Wildman–Crippen LogP) is -0.155. The van der Waals surface area contributed by atoms with Gasteiger partial charge in [-0.1, -0.05) is 0 Å². The van der Waals surface area contributed by atoms with Crippen molar-refractivity contribution in [3.8, 4) is 0 Å². The second-order valence-corrected chi connectivity index (χ2v) is 3.34. The summed E-state index contributed by atoms with van der Waals surface area (Å²) in [5, 5.41) is 2.70. The number of methoxy groups -OCH3 is 1. The van der Waals surface area contributed by atoms with Crippen LogP contribution in [0.4, 0.5) is 4.79 Å². The molecule has 8 nitrogen and oxygen atoms in total. The van der Waals surface area contributed by atoms with Gasteiger partial charge in [-0.05, 0) is 0 Å². The molecule has 94 valence electrons. The fourth-order valence-corrected chi connectivity index (χ4v) is 1.35. The standard InChI is InChI=1S/C10H11N5O3/c1-17-10(18-9(11)16)14-4-8(5-15-10)7-2-12-6-13-3-7/h2-6,14H,1H3,(H2,11,16). The summed E-state index contributed by atoms with van der Waals surface area (Å²) in [6.07, 6.45) is 6.72. The van der Waals surface area contributed by atoms with E-state index in [1.165, 1.54) is 19.7 Å². The van der Waals surface area contributed by atoms with Crippen LogP contribution in [0.2, 0.25) is 0 Å². The highest BCUT2D eigenvalue weighted by atomic mass is 16.8. The lowest BCUT2D eigenvalue weighted by molar-refractivity contribution is -0.191. The lowest BCUT2D eigenvalue weighted by Gasteiger charge is -2.28. The van der Waals surface area contributed by atoms with Crippen molar-refractivity contribution >= 4 is 17.9 Å². The van der Waals surface area contributed by atoms with Gasteiger partial charge >= 0.3 is 12.1 Å². The van der Waals surface area contributed by atoms with Crippen molar-refractivity contribution < 1.29 is 14.3 Å². The van der Waals surface area contributed by atoms with E-state index in [2.05, 4.69) is 20.3 Å². The molecule has 3 N–H and O–H groups in total. The first-order valence-corrected chi connectivity index (χ1v) is 4.97. The lowest BCUT2D eigenvalue weighted by atomic mass is 10.1. The van der Waals surface area contributed by atoms with Crippen molar-refractivity contribution in [2.45, 2.75) is 6.03 Å². The van der Waals surface area contributed by atoms with Crippen molar-refractivity contribution in [2.24, 2.45) is 10.7 Å². The largest absolute Gasteiger partial charge is 0.409 e. The number of hydrogen-bond acceptors (Lipinski definition) is 7. The van der Waals surface area contributed by atoms with Gasteiger partial charge in [0, 0.05) is 43.1 Å². The van der Waals surface area contributed by atoms with Crippen LogP contribution in [0, 0.1) is 0 Å². The molecule has 0 bridgehead atoms. The minimum atomic E-state index is -1.62. The number of aliphatic imine (C=N–C) groups is 1. The molecule has 0 aromatic carbocycles. The predicted molar refractivity (Wildman–Crippen MR) is 62.0 cm³/mol. The average Bonchev–Trinajstić information content (AvgIpc) is 2.40. The van der Waals surface area contributed by atoms with Crippen LogP contribution >= 0.6 is 0 Å². The van der Waals surface area contributed by atoms with Crippen LogP contribution in [0.25, 0.3) is 5.57 Å². The van der Waals surface area contributed by atoms with Crippen LogP contribution in [0.1, 0.15) is 5.56 Å². The summed E-state index contributed by atoms with van der Waals surface area (Å²) in [5.74, 6) is 0. The smallest absolute Gasteiger partial charge is 0.377 e. The summed E-state index contributed by atoms with van der Waals surface area (Å²) in [5.41, 5.74) is 6.41. The maximum Gasteiger partial charge on any atom is 0.409 e. The highest BCUT2D eigenvalue weighted by molar-refractivity contribution is 6.10. The van der Waals surface area contributed by atoms with Crippen LogP contribution in [0.5, 0.6) is 0 Å². The molecule has 2 heterocycles. The number of nitrogens with one attached hydrogen (secondary N) is 1. The Morgan fingerprint density at radius 3 is 2.67 bits per heavy atom. The molecule has 1 atom stereocenters. The van der Waals surface area contributed by atoms with E-state index in [1.807, 2.05) is 0 Å². The van der Waals surface area contributed by atoms with E-state index in [9.17, 15) is 4.79 Å². The number of primary amides is 1. The second-order valence-electron chi connectivity index (χ2n) is 3.34. The van der Waals surface area contributed by atoms with Gasteiger partial charge in [0.25, 0.3) is 0 Å². The van der Waals surface area contributed by atoms with E-state index in [4.69, 9.17) is 15.2 Å². The number of aromatic nitrogens is 2. The molecular weight excluding hydrogens is 238 g/mol. The zero-order chi connectivity index (χ0) is 13.0. The number of nitrogens with two attached hydrogens (primary N) is 1. The third-order valence-corrected chi connectivity index (χ3v) is 2.19. The molecular formula is C10H11N5O3. The molecule has 1 unspecified atom stereocenters. The van der Waals surface area contributed by atoms with Crippen molar-refractivity contribution in [1.82, 2.24) is 15.3 Å². The fourth-order valence-electron chi connectivity index (χ4n) is 1.35. The summed E-state index contributed by atoms with van der Waals surface area (Å²) < 4.78 is 9.71. The summed E-state index contributed by atoms with van der Waals surface area (Å²) >= 11 is 0. The zero-order valence-electron chi connectivity index (χ0n) is 9.53. The number of rotatable bonds is 3. The maximum absolute atomic E-state index is 10.7. The molecule has 1 aliphatic rings. The van der Waals surface area contributed by atoms with E-state index in [0.717, 1.165) is 11.1 Å². The Labute approximate surface area is 103 Å². The Morgan fingerprint density at radius 1 is 1.44 bits per heavy atom. The molecule has 1 aromatic rings. The first kappa shape index (κ1) is 12.0. The van der Waals surface area contributed by atoms with Crippen LogP contribution in [-0.4, -0.2) is 35.4 Å². The van der Waals surface area contributed by atoms with Gasteiger partial charge in [0.05, 0.1) is 0 Å². The van der Waals surface area contributed by atoms with Crippen molar-refractivity contribution in [2.75, 3.05) is 7.11 Å². The molecule has 0 aliphatic carbocycles. The number of allylic oxidation sites excluding steroid dienone is 1. The second kappa shape index (κ2) is 4.80. The van der Waals surface area contributed by atoms with Crippen molar-refractivity contribution in [3.05, 3.63) is 30.5 Å². The Kier molecular flexibility index (Phi) is 3.20. The summed E-state index contributed by atoms with van der Waals surface area (Å²) in [6, 6.07) is -1.62. The average molecular weight is 249 g/mol. The zero-order valence-corrected chi connectivity index (χ0v) is 9.53. The summed E-state index contributed by atoms with van der Waals surface area (Å²) in [4.78, 5) is 22.5. The van der Waals surface area contributed by atoms with Gasteiger partial charge in [-0.2, -0.15) is 4.99 Å². The van der Waals surface area contributed by atoms with Gasteiger partial charge in [0.1, 0.15) is 6.33 Å². The Balaban J connectivity index is 2.17. The molecule has 1 amide bonds. The quantitative estimate of drug-likeness (QED) is 0.720. The summed E-state index contributed by atoms with van der Waals surface area (Å²) in [7, 11) is 1.33. The third kappa shape index (κ3) is 2.43.